The number of nitrogens with zero attached hydrogens (tertiary/aromatic N) is 1. The molecule has 1 aromatic carbocycles. The van der Waals surface area contributed by atoms with E-state index in [1.54, 1.807) is 25.1 Å². The van der Waals surface area contributed by atoms with Crippen molar-refractivity contribution in [3.8, 4) is 11.8 Å². The Hall–Kier alpha value is -3.01. The second-order valence-corrected chi connectivity index (χ2v) is 4.73. The van der Waals surface area contributed by atoms with Crippen molar-refractivity contribution in [3.05, 3.63) is 42.0 Å². The van der Waals surface area contributed by atoms with Gasteiger partial charge in [-0.3, -0.25) is 0 Å². The SMILES string of the molecule is C=C(CC(C#N)(OC(=O)OCC)c1cccc(OC)c1)C(=O)OC. The fourth-order valence-electron chi connectivity index (χ4n) is 2.00. The number of methoxy groups -OCH3 is 2. The van der Waals surface area contributed by atoms with Gasteiger partial charge in [0.05, 0.1) is 20.8 Å². The maximum atomic E-state index is 11.8. The van der Waals surface area contributed by atoms with E-state index >= 15 is 0 Å². The molecular weight excluding hydrogens is 314 g/mol. The molecule has 0 aliphatic carbocycles. The first-order valence-corrected chi connectivity index (χ1v) is 7.10. The first-order chi connectivity index (χ1) is 11.4. The summed E-state index contributed by atoms with van der Waals surface area (Å²) >= 11 is 0. The third-order valence-corrected chi connectivity index (χ3v) is 3.17. The van der Waals surface area contributed by atoms with Gasteiger partial charge in [0.2, 0.25) is 5.60 Å². The number of carbonyl (C=O) groups excluding carboxylic acids is 2. The van der Waals surface area contributed by atoms with Gasteiger partial charge in [-0.25, -0.2) is 9.59 Å². The first kappa shape index (κ1) is 19.0. The highest BCUT2D eigenvalue weighted by molar-refractivity contribution is 5.88. The molecule has 0 saturated carbocycles. The highest BCUT2D eigenvalue weighted by atomic mass is 16.7. The minimum Gasteiger partial charge on any atom is -0.497 e. The highest BCUT2D eigenvalue weighted by Gasteiger charge is 2.40. The van der Waals surface area contributed by atoms with Crippen LogP contribution >= 0.6 is 0 Å². The Morgan fingerprint density at radius 1 is 1.33 bits per heavy atom. The van der Waals surface area contributed by atoms with Gasteiger partial charge in [0.1, 0.15) is 11.8 Å². The lowest BCUT2D eigenvalue weighted by Gasteiger charge is -2.27. The molecule has 0 aromatic heterocycles. The Kier molecular flexibility index (Phi) is 6.80. The Morgan fingerprint density at radius 3 is 2.58 bits per heavy atom. The van der Waals surface area contributed by atoms with Crippen LogP contribution < -0.4 is 4.74 Å². The zero-order valence-corrected chi connectivity index (χ0v) is 13.8. The number of carbonyl (C=O) groups is 2. The van der Waals surface area contributed by atoms with Crippen LogP contribution in [0.2, 0.25) is 0 Å². The fraction of sp³-hybridized carbons (Fsp3) is 0.353. The van der Waals surface area contributed by atoms with Crippen molar-refractivity contribution < 1.29 is 28.5 Å². The summed E-state index contributed by atoms with van der Waals surface area (Å²) in [5.41, 5.74) is -1.50. The van der Waals surface area contributed by atoms with Crippen LogP contribution in [0, 0.1) is 11.3 Å². The third-order valence-electron chi connectivity index (χ3n) is 3.17. The number of esters is 1. The normalized spacial score (nSPS) is 12.2. The number of hydrogen-bond donors (Lipinski definition) is 0. The van der Waals surface area contributed by atoms with Gasteiger partial charge in [-0.2, -0.15) is 5.26 Å². The molecule has 0 radical (unpaired) electrons. The molecule has 7 nitrogen and oxygen atoms in total. The molecule has 24 heavy (non-hydrogen) atoms. The van der Waals surface area contributed by atoms with Crippen LogP contribution in [-0.4, -0.2) is 33.0 Å². The van der Waals surface area contributed by atoms with Crippen LogP contribution in [0.25, 0.3) is 0 Å². The predicted molar refractivity (Wildman–Crippen MR) is 84.2 cm³/mol. The summed E-state index contributed by atoms with van der Waals surface area (Å²) in [7, 11) is 2.66. The van der Waals surface area contributed by atoms with Crippen molar-refractivity contribution in [2.45, 2.75) is 18.9 Å². The van der Waals surface area contributed by atoms with Crippen molar-refractivity contribution >= 4 is 12.1 Å². The molecule has 0 amide bonds. The molecule has 0 aliphatic heterocycles. The van der Waals surface area contributed by atoms with E-state index in [1.807, 2.05) is 6.07 Å². The van der Waals surface area contributed by atoms with E-state index in [1.165, 1.54) is 20.3 Å². The average molecular weight is 333 g/mol. The topological polar surface area (TPSA) is 94.9 Å². The van der Waals surface area contributed by atoms with Gasteiger partial charge >= 0.3 is 12.1 Å². The van der Waals surface area contributed by atoms with Crippen LogP contribution in [0.4, 0.5) is 4.79 Å². The lowest BCUT2D eigenvalue weighted by Crippen LogP contribution is -2.33. The molecule has 1 aromatic rings. The van der Waals surface area contributed by atoms with Gasteiger partial charge in [0.15, 0.2) is 0 Å². The van der Waals surface area contributed by atoms with E-state index < -0.39 is 17.7 Å². The summed E-state index contributed by atoms with van der Waals surface area (Å²) in [6, 6.07) is 8.36. The van der Waals surface area contributed by atoms with Crippen molar-refractivity contribution in [1.82, 2.24) is 0 Å². The number of rotatable bonds is 7. The monoisotopic (exact) mass is 333 g/mol. The average Bonchev–Trinajstić information content (AvgIpc) is 2.60. The number of ether oxygens (including phenoxy) is 4. The van der Waals surface area contributed by atoms with E-state index in [0.717, 1.165) is 0 Å². The van der Waals surface area contributed by atoms with E-state index in [0.29, 0.717) is 11.3 Å². The lowest BCUT2D eigenvalue weighted by atomic mass is 9.88. The fourth-order valence-corrected chi connectivity index (χ4v) is 2.00. The molecule has 1 rings (SSSR count). The van der Waals surface area contributed by atoms with Gasteiger partial charge in [0, 0.05) is 17.6 Å². The first-order valence-electron chi connectivity index (χ1n) is 7.10. The Bertz CT molecular complexity index is 663. The smallest absolute Gasteiger partial charge is 0.497 e. The van der Waals surface area contributed by atoms with Crippen LogP contribution in [0.3, 0.4) is 0 Å². The van der Waals surface area contributed by atoms with Gasteiger partial charge < -0.3 is 18.9 Å². The summed E-state index contributed by atoms with van der Waals surface area (Å²) in [6.07, 6.45) is -1.30. The number of benzene rings is 1. The van der Waals surface area contributed by atoms with Gasteiger partial charge in [-0.05, 0) is 19.1 Å². The molecule has 0 N–H and O–H groups in total. The molecule has 1 unspecified atom stereocenters. The third kappa shape index (κ3) is 4.49. The molecule has 0 spiro atoms. The van der Waals surface area contributed by atoms with Gasteiger partial charge in [-0.1, -0.05) is 18.7 Å². The summed E-state index contributed by atoms with van der Waals surface area (Å²) in [5.74, 6) is -0.242. The van der Waals surface area contributed by atoms with Crippen molar-refractivity contribution in [1.29, 1.82) is 5.26 Å². The maximum absolute atomic E-state index is 11.8. The molecule has 7 heteroatoms. The summed E-state index contributed by atoms with van der Waals surface area (Å²) in [4.78, 5) is 23.4. The molecule has 0 fully saturated rings. The van der Waals surface area contributed by atoms with Crippen LogP contribution in [0.15, 0.2) is 36.4 Å². The van der Waals surface area contributed by atoms with Crippen LogP contribution in [-0.2, 0) is 24.6 Å². The standard InChI is InChI=1S/C17H19NO6/c1-5-23-16(20)24-17(11-18,10-12(2)15(19)22-4)13-7-6-8-14(9-13)21-3/h6-9H,2,5,10H2,1,3-4H3. The lowest BCUT2D eigenvalue weighted by molar-refractivity contribution is -0.136. The van der Waals surface area contributed by atoms with E-state index in [9.17, 15) is 14.9 Å². The maximum Gasteiger partial charge on any atom is 0.510 e. The minimum atomic E-state index is -1.80. The molecule has 0 saturated heterocycles. The van der Waals surface area contributed by atoms with E-state index in [-0.39, 0.29) is 18.6 Å². The summed E-state index contributed by atoms with van der Waals surface area (Å²) < 4.78 is 19.7. The van der Waals surface area contributed by atoms with Crippen molar-refractivity contribution in [2.24, 2.45) is 0 Å². The molecule has 0 heterocycles. The Labute approximate surface area is 140 Å². The molecule has 128 valence electrons. The summed E-state index contributed by atoms with van der Waals surface area (Å²) in [6.45, 7) is 5.28. The van der Waals surface area contributed by atoms with Gasteiger partial charge in [-0.15, -0.1) is 0 Å². The number of hydrogen-bond acceptors (Lipinski definition) is 7. The van der Waals surface area contributed by atoms with Crippen LogP contribution in [0.5, 0.6) is 5.75 Å². The molecule has 0 aliphatic rings. The van der Waals surface area contributed by atoms with E-state index in [2.05, 4.69) is 11.3 Å². The Balaban J connectivity index is 3.31. The van der Waals surface area contributed by atoms with E-state index in [4.69, 9.17) is 14.2 Å². The van der Waals surface area contributed by atoms with Crippen molar-refractivity contribution in [3.63, 3.8) is 0 Å². The second-order valence-electron chi connectivity index (χ2n) is 4.73. The predicted octanol–water partition coefficient (Wildman–Crippen LogP) is 2.71. The molecular formula is C17H19NO6. The van der Waals surface area contributed by atoms with Gasteiger partial charge in [0.25, 0.3) is 0 Å². The highest BCUT2D eigenvalue weighted by Crippen LogP contribution is 2.34. The minimum absolute atomic E-state index is 0.0221. The van der Waals surface area contributed by atoms with Crippen LogP contribution in [0.1, 0.15) is 18.9 Å². The quantitative estimate of drug-likeness (QED) is 0.559. The zero-order chi connectivity index (χ0) is 18.2. The summed E-state index contributed by atoms with van der Waals surface area (Å²) in [5, 5.41) is 9.70. The Morgan fingerprint density at radius 2 is 2.04 bits per heavy atom. The largest absolute Gasteiger partial charge is 0.510 e. The number of nitriles is 1. The molecule has 1 atom stereocenters. The van der Waals surface area contributed by atoms with Crippen molar-refractivity contribution in [2.75, 3.05) is 20.8 Å². The zero-order valence-electron chi connectivity index (χ0n) is 13.8. The second kappa shape index (κ2) is 8.58. The molecule has 0 bridgehead atoms.